The molecule has 5 heteroatoms. The SMILES string of the molecule is CCc1ccc(-c2cc(C(F)(F)F)sc2CO)cc1. The van der Waals surface area contributed by atoms with Gasteiger partial charge >= 0.3 is 6.18 Å². The molecule has 0 atom stereocenters. The van der Waals surface area contributed by atoms with Gasteiger partial charge in [0.05, 0.1) is 6.61 Å². The lowest BCUT2D eigenvalue weighted by atomic mass is 10.0. The highest BCUT2D eigenvalue weighted by Crippen LogP contribution is 2.40. The maximum absolute atomic E-state index is 12.7. The van der Waals surface area contributed by atoms with Crippen molar-refractivity contribution in [1.82, 2.24) is 0 Å². The Morgan fingerprint density at radius 2 is 1.79 bits per heavy atom. The summed E-state index contributed by atoms with van der Waals surface area (Å²) in [6.45, 7) is 1.63. The van der Waals surface area contributed by atoms with Crippen molar-refractivity contribution in [3.05, 3.63) is 45.6 Å². The topological polar surface area (TPSA) is 20.2 Å². The van der Waals surface area contributed by atoms with Gasteiger partial charge in [-0.05, 0) is 29.2 Å². The van der Waals surface area contributed by atoms with Crippen molar-refractivity contribution in [2.24, 2.45) is 0 Å². The molecule has 0 aliphatic carbocycles. The monoisotopic (exact) mass is 286 g/mol. The Morgan fingerprint density at radius 3 is 2.26 bits per heavy atom. The second kappa shape index (κ2) is 5.35. The van der Waals surface area contributed by atoms with Gasteiger partial charge in [0.25, 0.3) is 0 Å². The summed E-state index contributed by atoms with van der Waals surface area (Å²) < 4.78 is 38.0. The van der Waals surface area contributed by atoms with E-state index in [2.05, 4.69) is 0 Å². The van der Waals surface area contributed by atoms with Gasteiger partial charge in [-0.1, -0.05) is 31.2 Å². The van der Waals surface area contributed by atoms with Crippen LogP contribution < -0.4 is 0 Å². The van der Waals surface area contributed by atoms with Gasteiger partial charge in [0, 0.05) is 4.88 Å². The number of halogens is 3. The summed E-state index contributed by atoms with van der Waals surface area (Å²) in [5, 5.41) is 9.20. The molecule has 1 aromatic heterocycles. The number of rotatable bonds is 3. The number of aryl methyl sites for hydroxylation is 1. The predicted octanol–water partition coefficient (Wildman–Crippen LogP) is 4.49. The van der Waals surface area contributed by atoms with Gasteiger partial charge < -0.3 is 5.11 Å². The van der Waals surface area contributed by atoms with Crippen molar-refractivity contribution in [3.63, 3.8) is 0 Å². The average molecular weight is 286 g/mol. The Bertz CT molecular complexity index is 555. The minimum atomic E-state index is -4.36. The second-order valence-electron chi connectivity index (χ2n) is 4.15. The molecule has 0 bridgehead atoms. The third-order valence-electron chi connectivity index (χ3n) is 2.91. The van der Waals surface area contributed by atoms with Crippen LogP contribution in [0.25, 0.3) is 11.1 Å². The summed E-state index contributed by atoms with van der Waals surface area (Å²) in [4.78, 5) is -0.331. The molecule has 19 heavy (non-hydrogen) atoms. The van der Waals surface area contributed by atoms with E-state index in [4.69, 9.17) is 0 Å². The maximum atomic E-state index is 12.7. The van der Waals surface area contributed by atoms with Gasteiger partial charge in [0.2, 0.25) is 0 Å². The molecule has 0 aliphatic rings. The van der Waals surface area contributed by atoms with Gasteiger partial charge in [-0.3, -0.25) is 0 Å². The van der Waals surface area contributed by atoms with Crippen molar-refractivity contribution < 1.29 is 18.3 Å². The van der Waals surface area contributed by atoms with Crippen LogP contribution in [0, 0.1) is 0 Å². The van der Waals surface area contributed by atoms with E-state index < -0.39 is 11.1 Å². The molecule has 1 nitrogen and oxygen atoms in total. The highest BCUT2D eigenvalue weighted by molar-refractivity contribution is 7.12. The summed E-state index contributed by atoms with van der Waals surface area (Å²) in [5.74, 6) is 0. The Hall–Kier alpha value is -1.33. The number of aliphatic hydroxyl groups is 1. The Kier molecular flexibility index (Phi) is 3.96. The smallest absolute Gasteiger partial charge is 0.391 e. The predicted molar refractivity (Wildman–Crippen MR) is 70.1 cm³/mol. The van der Waals surface area contributed by atoms with Crippen molar-refractivity contribution in [2.45, 2.75) is 26.1 Å². The molecule has 1 heterocycles. The van der Waals surface area contributed by atoms with Crippen LogP contribution >= 0.6 is 11.3 Å². The molecule has 0 saturated carbocycles. The zero-order valence-corrected chi connectivity index (χ0v) is 11.1. The number of benzene rings is 1. The third kappa shape index (κ3) is 2.98. The fourth-order valence-electron chi connectivity index (χ4n) is 1.85. The lowest BCUT2D eigenvalue weighted by Gasteiger charge is -2.03. The minimum absolute atomic E-state index is 0.344. The van der Waals surface area contributed by atoms with Crippen molar-refractivity contribution in [3.8, 4) is 11.1 Å². The molecule has 0 aliphatic heterocycles. The van der Waals surface area contributed by atoms with Gasteiger partial charge in [-0.2, -0.15) is 13.2 Å². The van der Waals surface area contributed by atoms with E-state index in [1.165, 1.54) is 0 Å². The zero-order chi connectivity index (χ0) is 14.0. The number of alkyl halides is 3. The average Bonchev–Trinajstić information content (AvgIpc) is 2.83. The Morgan fingerprint density at radius 1 is 1.16 bits per heavy atom. The Labute approximate surface area is 113 Å². The number of thiophene rings is 1. The lowest BCUT2D eigenvalue weighted by Crippen LogP contribution is -2.00. The Balaban J connectivity index is 2.45. The molecular formula is C14H13F3OS. The summed E-state index contributed by atoms with van der Waals surface area (Å²) in [5.41, 5.74) is 2.29. The molecule has 0 radical (unpaired) electrons. The molecule has 2 rings (SSSR count). The van der Waals surface area contributed by atoms with E-state index in [9.17, 15) is 18.3 Å². The summed E-state index contributed by atoms with van der Waals surface area (Å²) in [6.07, 6.45) is -3.49. The van der Waals surface area contributed by atoms with Gasteiger partial charge in [-0.25, -0.2) is 0 Å². The van der Waals surface area contributed by atoms with Crippen LogP contribution in [-0.4, -0.2) is 5.11 Å². The maximum Gasteiger partial charge on any atom is 0.425 e. The van der Waals surface area contributed by atoms with Crippen LogP contribution in [0.15, 0.2) is 30.3 Å². The number of aliphatic hydroxyl groups excluding tert-OH is 1. The molecule has 0 saturated heterocycles. The van der Waals surface area contributed by atoms with Crippen molar-refractivity contribution in [1.29, 1.82) is 0 Å². The number of hydrogen-bond donors (Lipinski definition) is 1. The van der Waals surface area contributed by atoms with E-state index in [1.54, 1.807) is 12.1 Å². The highest BCUT2D eigenvalue weighted by Gasteiger charge is 2.33. The van der Waals surface area contributed by atoms with E-state index in [0.29, 0.717) is 27.3 Å². The summed E-state index contributed by atoms with van der Waals surface area (Å²) in [7, 11) is 0. The molecule has 0 spiro atoms. The summed E-state index contributed by atoms with van der Waals surface area (Å²) >= 11 is 0.596. The van der Waals surface area contributed by atoms with Gasteiger partial charge in [0.1, 0.15) is 4.88 Å². The largest absolute Gasteiger partial charge is 0.425 e. The van der Waals surface area contributed by atoms with Crippen LogP contribution in [0.4, 0.5) is 13.2 Å². The highest BCUT2D eigenvalue weighted by atomic mass is 32.1. The first-order valence-electron chi connectivity index (χ1n) is 5.85. The molecule has 1 aromatic carbocycles. The van der Waals surface area contributed by atoms with Crippen LogP contribution in [-0.2, 0) is 19.2 Å². The summed E-state index contributed by atoms with van der Waals surface area (Å²) in [6, 6.07) is 8.47. The first-order valence-corrected chi connectivity index (χ1v) is 6.67. The molecule has 102 valence electrons. The van der Waals surface area contributed by atoms with E-state index in [1.807, 2.05) is 19.1 Å². The third-order valence-corrected chi connectivity index (χ3v) is 4.07. The zero-order valence-electron chi connectivity index (χ0n) is 10.3. The minimum Gasteiger partial charge on any atom is -0.391 e. The van der Waals surface area contributed by atoms with E-state index in [0.717, 1.165) is 18.1 Å². The fraction of sp³-hybridized carbons (Fsp3) is 0.286. The molecular weight excluding hydrogens is 273 g/mol. The van der Waals surface area contributed by atoms with Gasteiger partial charge in [0.15, 0.2) is 0 Å². The normalized spacial score (nSPS) is 11.8. The molecule has 2 aromatic rings. The second-order valence-corrected chi connectivity index (χ2v) is 5.29. The van der Waals surface area contributed by atoms with Gasteiger partial charge in [-0.15, -0.1) is 11.3 Å². The van der Waals surface area contributed by atoms with Crippen LogP contribution in [0.5, 0.6) is 0 Å². The van der Waals surface area contributed by atoms with Crippen LogP contribution in [0.2, 0.25) is 0 Å². The first-order chi connectivity index (χ1) is 8.95. The molecule has 0 unspecified atom stereocenters. The quantitative estimate of drug-likeness (QED) is 0.881. The van der Waals surface area contributed by atoms with Crippen LogP contribution in [0.1, 0.15) is 22.2 Å². The lowest BCUT2D eigenvalue weighted by molar-refractivity contribution is -0.134. The number of hydrogen-bond acceptors (Lipinski definition) is 2. The first kappa shape index (κ1) is 14.1. The van der Waals surface area contributed by atoms with Crippen LogP contribution in [0.3, 0.4) is 0 Å². The van der Waals surface area contributed by atoms with E-state index in [-0.39, 0.29) is 6.61 Å². The van der Waals surface area contributed by atoms with Crippen molar-refractivity contribution >= 4 is 11.3 Å². The fourth-order valence-corrected chi connectivity index (χ4v) is 2.76. The molecule has 0 amide bonds. The van der Waals surface area contributed by atoms with Crippen molar-refractivity contribution in [2.75, 3.05) is 0 Å². The standard InChI is InChI=1S/C14H13F3OS/c1-2-9-3-5-10(6-4-9)11-7-13(14(15,16)17)19-12(11)8-18/h3-7,18H,2,8H2,1H3. The molecule has 1 N–H and O–H groups in total. The molecule has 0 fully saturated rings. The van der Waals surface area contributed by atoms with E-state index >= 15 is 0 Å².